The molecule has 1 fully saturated rings. The first kappa shape index (κ1) is 19.5. The molecule has 3 rings (SSSR count). The molecule has 0 unspecified atom stereocenters. The van der Waals surface area contributed by atoms with Crippen molar-refractivity contribution in [1.29, 1.82) is 0 Å². The minimum absolute atomic E-state index is 0.136. The summed E-state index contributed by atoms with van der Waals surface area (Å²) in [5.74, 6) is 0.863. The first-order valence-corrected chi connectivity index (χ1v) is 9.19. The van der Waals surface area contributed by atoms with Crippen molar-refractivity contribution in [3.05, 3.63) is 52.9 Å². The number of ether oxygens (including phenoxy) is 2. The molecular weight excluding hydrogens is 378 g/mol. The van der Waals surface area contributed by atoms with Gasteiger partial charge in [-0.1, -0.05) is 6.07 Å². The molecule has 2 amide bonds. The van der Waals surface area contributed by atoms with Crippen molar-refractivity contribution in [2.24, 2.45) is 4.99 Å². The van der Waals surface area contributed by atoms with Gasteiger partial charge in [-0.3, -0.25) is 9.59 Å². The molecule has 2 N–H and O–H groups in total. The van der Waals surface area contributed by atoms with Crippen molar-refractivity contribution in [3.63, 3.8) is 0 Å². The van der Waals surface area contributed by atoms with Crippen LogP contribution in [0.25, 0.3) is 6.08 Å². The summed E-state index contributed by atoms with van der Waals surface area (Å²) in [5.41, 5.74) is 2.18. The quantitative estimate of drug-likeness (QED) is 0.753. The fourth-order valence-electron chi connectivity index (χ4n) is 2.51. The van der Waals surface area contributed by atoms with Crippen LogP contribution >= 0.6 is 11.8 Å². The Morgan fingerprint density at radius 3 is 2.46 bits per heavy atom. The molecule has 0 bridgehead atoms. The van der Waals surface area contributed by atoms with Gasteiger partial charge in [-0.05, 0) is 59.8 Å². The first-order valence-electron chi connectivity index (χ1n) is 8.38. The summed E-state index contributed by atoms with van der Waals surface area (Å²) in [4.78, 5) is 28.3. The van der Waals surface area contributed by atoms with E-state index in [2.05, 4.69) is 15.6 Å². The van der Waals surface area contributed by atoms with E-state index in [4.69, 9.17) is 9.47 Å². The van der Waals surface area contributed by atoms with Crippen molar-refractivity contribution in [1.82, 2.24) is 5.32 Å². The second-order valence-electron chi connectivity index (χ2n) is 5.82. The van der Waals surface area contributed by atoms with Crippen molar-refractivity contribution >= 4 is 46.2 Å². The van der Waals surface area contributed by atoms with Gasteiger partial charge >= 0.3 is 0 Å². The monoisotopic (exact) mass is 397 g/mol. The molecule has 1 saturated heterocycles. The molecule has 2 aromatic rings. The van der Waals surface area contributed by atoms with Crippen molar-refractivity contribution < 1.29 is 19.1 Å². The molecule has 2 aromatic carbocycles. The lowest BCUT2D eigenvalue weighted by Gasteiger charge is -2.07. The Labute approximate surface area is 166 Å². The first-order chi connectivity index (χ1) is 13.5. The number of amides is 2. The Morgan fingerprint density at radius 2 is 1.82 bits per heavy atom. The van der Waals surface area contributed by atoms with Crippen molar-refractivity contribution in [2.45, 2.75) is 6.92 Å². The van der Waals surface area contributed by atoms with Gasteiger partial charge in [0.2, 0.25) is 5.91 Å². The van der Waals surface area contributed by atoms with Crippen LogP contribution in [0.15, 0.2) is 52.4 Å². The molecule has 1 heterocycles. The summed E-state index contributed by atoms with van der Waals surface area (Å²) in [6, 6.07) is 12.5. The van der Waals surface area contributed by atoms with Gasteiger partial charge in [0.15, 0.2) is 16.7 Å². The summed E-state index contributed by atoms with van der Waals surface area (Å²) < 4.78 is 10.5. The van der Waals surface area contributed by atoms with Gasteiger partial charge in [0, 0.05) is 12.6 Å². The molecule has 28 heavy (non-hydrogen) atoms. The smallest absolute Gasteiger partial charge is 0.264 e. The summed E-state index contributed by atoms with van der Waals surface area (Å²) >= 11 is 1.26. The van der Waals surface area contributed by atoms with E-state index in [1.807, 2.05) is 6.07 Å². The number of carbonyl (C=O) groups excluding carboxylic acids is 2. The minimum atomic E-state index is -0.214. The second-order valence-corrected chi connectivity index (χ2v) is 6.85. The summed E-state index contributed by atoms with van der Waals surface area (Å²) in [7, 11) is 3.13. The number of thioether (sulfide) groups is 1. The predicted molar refractivity (Wildman–Crippen MR) is 111 cm³/mol. The third-order valence-electron chi connectivity index (χ3n) is 3.77. The number of benzene rings is 2. The molecule has 0 aliphatic carbocycles. The van der Waals surface area contributed by atoms with Crippen LogP contribution in [0.3, 0.4) is 0 Å². The van der Waals surface area contributed by atoms with Crippen LogP contribution in [0.5, 0.6) is 11.5 Å². The van der Waals surface area contributed by atoms with E-state index in [0.29, 0.717) is 32.9 Å². The molecule has 0 aromatic heterocycles. The van der Waals surface area contributed by atoms with Gasteiger partial charge in [-0.25, -0.2) is 4.99 Å². The largest absolute Gasteiger partial charge is 0.493 e. The van der Waals surface area contributed by atoms with Gasteiger partial charge in [-0.2, -0.15) is 0 Å². The SMILES string of the molecule is COc1ccc(/C=C2\SC(=Nc3ccc(NC(C)=O)cc3)NC2=O)cc1OC. The standard InChI is InChI=1S/C20H19N3O4S/c1-12(24)21-14-5-7-15(8-6-14)22-20-23-19(25)18(28-20)11-13-4-9-16(26-2)17(10-13)27-3/h4-11H,1-3H3,(H,21,24)(H,22,23,25)/b18-11-. The number of carbonyl (C=O) groups is 2. The van der Waals surface area contributed by atoms with Crippen LogP contribution in [0.2, 0.25) is 0 Å². The van der Waals surface area contributed by atoms with E-state index in [1.165, 1.54) is 18.7 Å². The van der Waals surface area contributed by atoms with E-state index < -0.39 is 0 Å². The van der Waals surface area contributed by atoms with Gasteiger partial charge < -0.3 is 20.1 Å². The average molecular weight is 397 g/mol. The molecule has 0 atom stereocenters. The van der Waals surface area contributed by atoms with E-state index in [-0.39, 0.29) is 11.8 Å². The molecule has 0 spiro atoms. The van der Waals surface area contributed by atoms with Gasteiger partial charge in [0.05, 0.1) is 24.8 Å². The Bertz CT molecular complexity index is 968. The van der Waals surface area contributed by atoms with Gasteiger partial charge in [0.25, 0.3) is 5.91 Å². The highest BCUT2D eigenvalue weighted by Crippen LogP contribution is 2.32. The lowest BCUT2D eigenvalue weighted by Crippen LogP contribution is -2.19. The normalized spacial score (nSPS) is 16.2. The number of amidine groups is 1. The molecular formula is C20H19N3O4S. The van der Waals surface area contributed by atoms with E-state index >= 15 is 0 Å². The maximum Gasteiger partial charge on any atom is 0.264 e. The maximum absolute atomic E-state index is 12.2. The number of hydrogen-bond acceptors (Lipinski definition) is 6. The zero-order valence-electron chi connectivity index (χ0n) is 15.6. The molecule has 0 saturated carbocycles. The Kier molecular flexibility index (Phi) is 6.00. The van der Waals surface area contributed by atoms with Crippen molar-refractivity contribution in [3.8, 4) is 11.5 Å². The number of nitrogens with zero attached hydrogens (tertiary/aromatic N) is 1. The van der Waals surface area contributed by atoms with Crippen molar-refractivity contribution in [2.75, 3.05) is 19.5 Å². The van der Waals surface area contributed by atoms with Crippen LogP contribution in [-0.4, -0.2) is 31.2 Å². The van der Waals surface area contributed by atoms with Crippen LogP contribution in [-0.2, 0) is 9.59 Å². The highest BCUT2D eigenvalue weighted by molar-refractivity contribution is 8.18. The van der Waals surface area contributed by atoms with Gasteiger partial charge in [-0.15, -0.1) is 0 Å². The van der Waals surface area contributed by atoms with E-state index in [9.17, 15) is 9.59 Å². The molecule has 7 nitrogen and oxygen atoms in total. The van der Waals surface area contributed by atoms with Gasteiger partial charge in [0.1, 0.15) is 0 Å². The Morgan fingerprint density at radius 1 is 1.11 bits per heavy atom. The molecule has 8 heteroatoms. The molecule has 1 aliphatic rings. The summed E-state index contributed by atoms with van der Waals surface area (Å²) in [5, 5.41) is 5.93. The number of hydrogen-bond donors (Lipinski definition) is 2. The molecule has 0 radical (unpaired) electrons. The number of nitrogens with one attached hydrogen (secondary N) is 2. The third kappa shape index (κ3) is 4.72. The highest BCUT2D eigenvalue weighted by Gasteiger charge is 2.24. The third-order valence-corrected chi connectivity index (χ3v) is 4.68. The Balaban J connectivity index is 1.76. The highest BCUT2D eigenvalue weighted by atomic mass is 32.2. The maximum atomic E-state index is 12.2. The van der Waals surface area contributed by atoms with E-state index in [1.54, 1.807) is 56.7 Å². The average Bonchev–Trinajstić information content (AvgIpc) is 3.01. The number of rotatable bonds is 5. The zero-order chi connectivity index (χ0) is 20.1. The lowest BCUT2D eigenvalue weighted by molar-refractivity contribution is -0.115. The van der Waals surface area contributed by atoms with E-state index in [0.717, 1.165) is 5.56 Å². The van der Waals surface area contributed by atoms with Crippen LogP contribution in [0.4, 0.5) is 11.4 Å². The topological polar surface area (TPSA) is 89.0 Å². The Hall–Kier alpha value is -3.26. The lowest BCUT2D eigenvalue weighted by atomic mass is 10.2. The summed E-state index contributed by atoms with van der Waals surface area (Å²) in [6.07, 6.45) is 1.77. The number of anilines is 1. The summed E-state index contributed by atoms with van der Waals surface area (Å²) in [6.45, 7) is 1.45. The second kappa shape index (κ2) is 8.62. The fourth-order valence-corrected chi connectivity index (χ4v) is 3.36. The van der Waals surface area contributed by atoms with Crippen LogP contribution in [0.1, 0.15) is 12.5 Å². The minimum Gasteiger partial charge on any atom is -0.493 e. The fraction of sp³-hybridized carbons (Fsp3) is 0.150. The zero-order valence-corrected chi connectivity index (χ0v) is 16.4. The molecule has 144 valence electrons. The number of methoxy groups -OCH3 is 2. The predicted octanol–water partition coefficient (Wildman–Crippen LogP) is 3.55. The van der Waals surface area contributed by atoms with Crippen LogP contribution < -0.4 is 20.1 Å². The molecule has 1 aliphatic heterocycles. The van der Waals surface area contributed by atoms with Crippen LogP contribution in [0, 0.1) is 0 Å². The number of aliphatic imine (C=N–C) groups is 1.